The van der Waals surface area contributed by atoms with Crippen molar-refractivity contribution < 1.29 is 8.42 Å². The number of hydrogen-bond acceptors (Lipinski definition) is 4. The van der Waals surface area contributed by atoms with E-state index in [1.807, 2.05) is 17.0 Å². The second kappa shape index (κ2) is 4.07. The summed E-state index contributed by atoms with van der Waals surface area (Å²) < 4.78 is 27.8. The van der Waals surface area contributed by atoms with Gasteiger partial charge >= 0.3 is 0 Å². The average Bonchev–Trinajstić information content (AvgIpc) is 2.63. The fourth-order valence-corrected chi connectivity index (χ4v) is 3.67. The second-order valence-corrected chi connectivity index (χ2v) is 6.26. The number of fused-ring (bicyclic) bond motifs is 1. The number of benzene rings is 1. The number of sulfonamides is 1. The summed E-state index contributed by atoms with van der Waals surface area (Å²) in [6.07, 6.45) is 0. The van der Waals surface area contributed by atoms with E-state index in [2.05, 4.69) is 16.6 Å². The largest absolute Gasteiger partial charge is 0.353 e. The molecule has 0 unspecified atom stereocenters. The molecule has 18 heavy (non-hydrogen) atoms. The maximum atomic E-state index is 12.0. The summed E-state index contributed by atoms with van der Waals surface area (Å²) in [7, 11) is -3.50. The highest BCUT2D eigenvalue weighted by atomic mass is 32.2. The Labute approximate surface area is 107 Å². The van der Waals surface area contributed by atoms with Gasteiger partial charge in [0.1, 0.15) is 4.90 Å². The molecule has 2 aliphatic heterocycles. The predicted molar refractivity (Wildman–Crippen MR) is 69.2 cm³/mol. The van der Waals surface area contributed by atoms with Crippen molar-refractivity contribution in [2.75, 3.05) is 19.6 Å². The molecular weight excluding hydrogens is 250 g/mol. The summed E-state index contributed by atoms with van der Waals surface area (Å²) in [5, 5.41) is 3.33. The smallest absolute Gasteiger partial charge is 0.285 e. The van der Waals surface area contributed by atoms with E-state index in [4.69, 9.17) is 0 Å². The third-order valence-electron chi connectivity index (χ3n) is 3.28. The van der Waals surface area contributed by atoms with Crippen molar-refractivity contribution in [3.8, 4) is 0 Å². The van der Waals surface area contributed by atoms with Gasteiger partial charge in [0.25, 0.3) is 10.0 Å². The van der Waals surface area contributed by atoms with Gasteiger partial charge in [-0.1, -0.05) is 12.1 Å². The van der Waals surface area contributed by atoms with Crippen molar-refractivity contribution in [2.24, 2.45) is 4.40 Å². The summed E-state index contributed by atoms with van der Waals surface area (Å²) in [6, 6.07) is 7.37. The fourth-order valence-electron chi connectivity index (χ4n) is 2.44. The maximum absolute atomic E-state index is 12.0. The van der Waals surface area contributed by atoms with E-state index in [1.54, 1.807) is 12.1 Å². The average molecular weight is 265 g/mol. The minimum Gasteiger partial charge on any atom is -0.353 e. The van der Waals surface area contributed by atoms with Crippen LogP contribution in [0.3, 0.4) is 0 Å². The first-order valence-electron chi connectivity index (χ1n) is 6.00. The first kappa shape index (κ1) is 11.7. The van der Waals surface area contributed by atoms with E-state index in [0.29, 0.717) is 16.8 Å². The van der Waals surface area contributed by atoms with Gasteiger partial charge in [-0.2, -0.15) is 8.42 Å². The van der Waals surface area contributed by atoms with Crippen molar-refractivity contribution in [1.29, 1.82) is 0 Å². The molecule has 5 nitrogen and oxygen atoms in total. The molecule has 1 N–H and O–H groups in total. The summed E-state index contributed by atoms with van der Waals surface area (Å²) in [4.78, 5) is 2.37. The highest BCUT2D eigenvalue weighted by Crippen LogP contribution is 2.27. The summed E-state index contributed by atoms with van der Waals surface area (Å²) >= 11 is 0. The van der Waals surface area contributed by atoms with Crippen molar-refractivity contribution >= 4 is 15.9 Å². The van der Waals surface area contributed by atoms with Crippen LogP contribution in [-0.2, 0) is 10.0 Å². The van der Waals surface area contributed by atoms with Crippen molar-refractivity contribution in [2.45, 2.75) is 17.9 Å². The van der Waals surface area contributed by atoms with Crippen LogP contribution in [0.1, 0.15) is 12.5 Å². The normalized spacial score (nSPS) is 25.7. The third kappa shape index (κ3) is 1.81. The SMILES string of the molecule is C[C@H]1CN(C2=NS(=O)(=O)c3ccccc32)CCN1. The highest BCUT2D eigenvalue weighted by molar-refractivity contribution is 7.90. The number of hydrogen-bond donors (Lipinski definition) is 1. The first-order valence-corrected chi connectivity index (χ1v) is 7.44. The Morgan fingerprint density at radius 3 is 2.94 bits per heavy atom. The van der Waals surface area contributed by atoms with Gasteiger partial charge in [-0.25, -0.2) is 0 Å². The number of piperazine rings is 1. The molecule has 0 radical (unpaired) electrons. The predicted octanol–water partition coefficient (Wildman–Crippen LogP) is 0.429. The molecule has 0 saturated carbocycles. The lowest BCUT2D eigenvalue weighted by Crippen LogP contribution is -2.51. The lowest BCUT2D eigenvalue weighted by atomic mass is 10.1. The lowest BCUT2D eigenvalue weighted by molar-refractivity contribution is 0.304. The minimum absolute atomic E-state index is 0.325. The van der Waals surface area contributed by atoms with Crippen LogP contribution < -0.4 is 5.32 Å². The van der Waals surface area contributed by atoms with Gasteiger partial charge in [0.15, 0.2) is 5.84 Å². The van der Waals surface area contributed by atoms with E-state index in [-0.39, 0.29) is 0 Å². The van der Waals surface area contributed by atoms with Gasteiger partial charge in [-0.05, 0) is 19.1 Å². The van der Waals surface area contributed by atoms with Gasteiger partial charge < -0.3 is 10.2 Å². The number of amidine groups is 1. The Hall–Kier alpha value is -1.40. The third-order valence-corrected chi connectivity index (χ3v) is 4.61. The molecule has 3 rings (SSSR count). The molecule has 0 spiro atoms. The van der Waals surface area contributed by atoms with Crippen molar-refractivity contribution in [3.63, 3.8) is 0 Å². The summed E-state index contributed by atoms with van der Waals surface area (Å²) in [5.41, 5.74) is 0.728. The van der Waals surface area contributed by atoms with E-state index in [0.717, 1.165) is 25.2 Å². The van der Waals surface area contributed by atoms with Crippen LogP contribution in [0.2, 0.25) is 0 Å². The van der Waals surface area contributed by atoms with E-state index < -0.39 is 10.0 Å². The lowest BCUT2D eigenvalue weighted by Gasteiger charge is -2.33. The Bertz CT molecular complexity index is 610. The maximum Gasteiger partial charge on any atom is 0.285 e. The highest BCUT2D eigenvalue weighted by Gasteiger charge is 2.32. The van der Waals surface area contributed by atoms with Gasteiger partial charge in [-0.15, -0.1) is 4.40 Å². The molecule has 2 aliphatic rings. The van der Waals surface area contributed by atoms with E-state index in [1.165, 1.54) is 0 Å². The molecule has 6 heteroatoms. The van der Waals surface area contributed by atoms with Gasteiger partial charge in [0.05, 0.1) is 0 Å². The van der Waals surface area contributed by atoms with Crippen LogP contribution in [0.25, 0.3) is 0 Å². The molecule has 1 fully saturated rings. The summed E-state index contributed by atoms with van der Waals surface area (Å²) in [6.45, 7) is 4.50. The zero-order valence-electron chi connectivity index (χ0n) is 10.1. The monoisotopic (exact) mass is 265 g/mol. The van der Waals surface area contributed by atoms with E-state index >= 15 is 0 Å². The summed E-state index contributed by atoms with van der Waals surface area (Å²) in [5.74, 6) is 0.596. The number of nitrogens with one attached hydrogen (secondary N) is 1. The fraction of sp³-hybridized carbons (Fsp3) is 0.417. The zero-order valence-corrected chi connectivity index (χ0v) is 10.9. The van der Waals surface area contributed by atoms with Crippen LogP contribution in [0, 0.1) is 0 Å². The van der Waals surface area contributed by atoms with Crippen molar-refractivity contribution in [3.05, 3.63) is 29.8 Å². The molecule has 1 aromatic rings. The van der Waals surface area contributed by atoms with Crippen molar-refractivity contribution in [1.82, 2.24) is 10.2 Å². The molecule has 96 valence electrons. The van der Waals surface area contributed by atoms with Gasteiger partial charge in [0.2, 0.25) is 0 Å². The molecule has 0 bridgehead atoms. The minimum atomic E-state index is -3.50. The van der Waals surface area contributed by atoms with Gasteiger partial charge in [-0.3, -0.25) is 0 Å². The Balaban J connectivity index is 2.04. The molecule has 0 aromatic heterocycles. The first-order chi connectivity index (χ1) is 8.58. The molecule has 0 aliphatic carbocycles. The number of rotatable bonds is 0. The quantitative estimate of drug-likeness (QED) is 0.739. The van der Waals surface area contributed by atoms with Crippen LogP contribution >= 0.6 is 0 Å². The van der Waals surface area contributed by atoms with Crippen LogP contribution in [0.4, 0.5) is 0 Å². The molecule has 1 saturated heterocycles. The standard InChI is InChI=1S/C12H15N3O2S/c1-9-8-15(7-6-13-9)12-10-4-2-3-5-11(10)18(16,17)14-12/h2-5,9,13H,6-8H2,1H3/t9-/m0/s1. The Morgan fingerprint density at radius 1 is 1.39 bits per heavy atom. The Morgan fingerprint density at radius 2 is 2.17 bits per heavy atom. The van der Waals surface area contributed by atoms with Crippen LogP contribution in [0.5, 0.6) is 0 Å². The van der Waals surface area contributed by atoms with Gasteiger partial charge in [0, 0.05) is 31.2 Å². The van der Waals surface area contributed by atoms with E-state index in [9.17, 15) is 8.42 Å². The zero-order chi connectivity index (χ0) is 12.8. The molecule has 1 aromatic carbocycles. The van der Waals surface area contributed by atoms with Crippen LogP contribution in [-0.4, -0.2) is 44.8 Å². The van der Waals surface area contributed by atoms with Crippen LogP contribution in [0.15, 0.2) is 33.6 Å². The second-order valence-electron chi connectivity index (χ2n) is 4.69. The molecule has 1 atom stereocenters. The molecule has 0 amide bonds. The number of nitrogens with zero attached hydrogens (tertiary/aromatic N) is 2. The molecule has 2 heterocycles. The Kier molecular flexibility index (Phi) is 2.64. The molecular formula is C12H15N3O2S. The topological polar surface area (TPSA) is 61.8 Å².